The van der Waals surface area contributed by atoms with Gasteiger partial charge >= 0.3 is 0 Å². The second-order valence-electron chi connectivity index (χ2n) is 10.3. The van der Waals surface area contributed by atoms with E-state index in [1.807, 2.05) is 0 Å². The molecule has 4 aromatic rings. The fraction of sp³-hybridized carbons (Fsp3) is 0.429. The molecule has 200 valence electrons. The first-order valence-corrected chi connectivity index (χ1v) is 12.5. The van der Waals surface area contributed by atoms with Crippen molar-refractivity contribution in [2.45, 2.75) is 33.1 Å². The van der Waals surface area contributed by atoms with Crippen molar-refractivity contribution in [3.05, 3.63) is 56.6 Å². The number of hydrogen-bond donors (Lipinski definition) is 2. The highest BCUT2D eigenvalue weighted by molar-refractivity contribution is 5.82. The topological polar surface area (TPSA) is 128 Å². The Labute approximate surface area is 219 Å². The van der Waals surface area contributed by atoms with E-state index >= 15 is 0 Å². The van der Waals surface area contributed by atoms with E-state index in [-0.39, 0.29) is 16.5 Å². The molecule has 1 aliphatic carbocycles. The van der Waals surface area contributed by atoms with E-state index in [0.717, 1.165) is 6.42 Å². The van der Waals surface area contributed by atoms with Crippen LogP contribution in [0.25, 0.3) is 21.8 Å². The lowest BCUT2D eigenvalue weighted by molar-refractivity contribution is -0.0215. The maximum atomic E-state index is 12.8. The quantitative estimate of drug-likeness (QED) is 0.360. The van der Waals surface area contributed by atoms with Crippen LogP contribution in [0.2, 0.25) is 0 Å². The molecule has 0 amide bonds. The Balaban J connectivity index is 1.36. The number of aromatic amines is 2. The number of ether oxygens (including phenoxy) is 4. The Bertz CT molecular complexity index is 1520. The van der Waals surface area contributed by atoms with Gasteiger partial charge in [0.2, 0.25) is 0 Å². The molecule has 38 heavy (non-hydrogen) atoms. The van der Waals surface area contributed by atoms with Crippen LogP contribution in [0.3, 0.4) is 0 Å². The summed E-state index contributed by atoms with van der Waals surface area (Å²) in [7, 11) is 6.18. The third kappa shape index (κ3) is 4.33. The van der Waals surface area contributed by atoms with Gasteiger partial charge in [-0.1, -0.05) is 13.8 Å². The Kier molecular flexibility index (Phi) is 6.50. The van der Waals surface area contributed by atoms with Gasteiger partial charge in [0.25, 0.3) is 11.1 Å². The number of fused-ring (bicyclic) bond motifs is 2. The molecule has 5 rings (SSSR count). The van der Waals surface area contributed by atoms with Gasteiger partial charge in [-0.3, -0.25) is 9.59 Å². The molecule has 0 spiro atoms. The van der Waals surface area contributed by atoms with Crippen LogP contribution in [0.1, 0.15) is 31.9 Å². The van der Waals surface area contributed by atoms with Gasteiger partial charge in [0.1, 0.15) is 11.6 Å². The number of nitrogens with zero attached hydrogens (tertiary/aromatic N) is 2. The second-order valence-corrected chi connectivity index (χ2v) is 10.3. The minimum atomic E-state index is -0.204. The average molecular weight is 521 g/mol. The molecule has 2 aromatic heterocycles. The summed E-state index contributed by atoms with van der Waals surface area (Å²) in [6.45, 7) is 4.43. The van der Waals surface area contributed by atoms with Crippen LogP contribution in [-0.4, -0.2) is 48.4 Å². The summed E-state index contributed by atoms with van der Waals surface area (Å²) in [6.07, 6.45) is 2.21. The fourth-order valence-electron chi connectivity index (χ4n) is 5.51. The van der Waals surface area contributed by atoms with E-state index in [1.54, 1.807) is 38.5 Å². The number of benzene rings is 2. The van der Waals surface area contributed by atoms with Crippen LogP contribution >= 0.6 is 0 Å². The zero-order chi connectivity index (χ0) is 27.2. The second kappa shape index (κ2) is 9.66. The molecule has 1 saturated carbocycles. The largest absolute Gasteiger partial charge is 0.493 e. The summed E-state index contributed by atoms with van der Waals surface area (Å²) in [4.78, 5) is 40.9. The molecule has 10 heteroatoms. The Hall–Kier alpha value is -4.08. The van der Waals surface area contributed by atoms with Crippen molar-refractivity contribution >= 4 is 21.8 Å². The van der Waals surface area contributed by atoms with Crippen molar-refractivity contribution < 1.29 is 18.9 Å². The number of methoxy groups -OCH3 is 4. The molecular formula is C28H32N4O6. The van der Waals surface area contributed by atoms with E-state index in [0.29, 0.717) is 81.1 Å². The van der Waals surface area contributed by atoms with E-state index in [4.69, 9.17) is 28.9 Å². The van der Waals surface area contributed by atoms with Gasteiger partial charge in [0, 0.05) is 25.0 Å². The van der Waals surface area contributed by atoms with Crippen LogP contribution in [0.4, 0.5) is 0 Å². The highest BCUT2D eigenvalue weighted by Crippen LogP contribution is 2.53. The molecule has 1 fully saturated rings. The number of aromatic nitrogens is 4. The normalized spacial score (nSPS) is 18.3. The zero-order valence-corrected chi connectivity index (χ0v) is 22.4. The highest BCUT2D eigenvalue weighted by atomic mass is 16.5. The smallest absolute Gasteiger partial charge is 0.258 e. The SMILES string of the molecule is COc1cc2nc(CC3CC(Cc4nc5cc(OC)c(OC)cc5c(=O)[nH]4)C3(C)C)[nH]c(=O)c2cc1OC. The summed E-state index contributed by atoms with van der Waals surface area (Å²) < 4.78 is 21.4. The van der Waals surface area contributed by atoms with E-state index < -0.39 is 0 Å². The maximum absolute atomic E-state index is 12.8. The molecule has 0 aliphatic heterocycles. The van der Waals surface area contributed by atoms with Crippen LogP contribution in [0.5, 0.6) is 23.0 Å². The van der Waals surface area contributed by atoms with Crippen molar-refractivity contribution in [3.63, 3.8) is 0 Å². The minimum Gasteiger partial charge on any atom is -0.493 e. The summed E-state index contributed by atoms with van der Waals surface area (Å²) >= 11 is 0. The third-order valence-electron chi connectivity index (χ3n) is 8.07. The molecule has 2 aromatic carbocycles. The highest BCUT2D eigenvalue weighted by Gasteiger charge is 2.48. The Morgan fingerprint density at radius 1 is 0.711 bits per heavy atom. The molecule has 2 atom stereocenters. The number of nitrogens with one attached hydrogen (secondary N) is 2. The van der Waals surface area contributed by atoms with Crippen LogP contribution in [0.15, 0.2) is 33.9 Å². The van der Waals surface area contributed by atoms with Crippen molar-refractivity contribution in [2.24, 2.45) is 17.3 Å². The van der Waals surface area contributed by atoms with Crippen molar-refractivity contribution in [2.75, 3.05) is 28.4 Å². The lowest BCUT2D eigenvalue weighted by Gasteiger charge is -2.52. The van der Waals surface area contributed by atoms with Crippen molar-refractivity contribution in [3.8, 4) is 23.0 Å². The average Bonchev–Trinajstić information content (AvgIpc) is 2.91. The number of H-pyrrole nitrogens is 2. The molecule has 2 N–H and O–H groups in total. The summed E-state index contributed by atoms with van der Waals surface area (Å²) in [5.41, 5.74) is 0.686. The van der Waals surface area contributed by atoms with Gasteiger partial charge in [-0.05, 0) is 35.8 Å². The van der Waals surface area contributed by atoms with Gasteiger partial charge < -0.3 is 28.9 Å². The van der Waals surface area contributed by atoms with E-state index in [1.165, 1.54) is 14.2 Å². The Morgan fingerprint density at radius 2 is 1.08 bits per heavy atom. The minimum absolute atomic E-state index is 0.0454. The lowest BCUT2D eigenvalue weighted by atomic mass is 9.53. The fourth-order valence-corrected chi connectivity index (χ4v) is 5.51. The maximum Gasteiger partial charge on any atom is 0.258 e. The molecule has 0 bridgehead atoms. The van der Waals surface area contributed by atoms with Gasteiger partial charge in [-0.25, -0.2) is 9.97 Å². The summed E-state index contributed by atoms with van der Waals surface area (Å²) in [6, 6.07) is 6.76. The number of rotatable bonds is 8. The number of hydrogen-bond acceptors (Lipinski definition) is 8. The van der Waals surface area contributed by atoms with Crippen molar-refractivity contribution in [1.29, 1.82) is 0 Å². The van der Waals surface area contributed by atoms with Crippen LogP contribution in [-0.2, 0) is 12.8 Å². The molecule has 2 unspecified atom stereocenters. The standard InChI is InChI=1S/C28H32N4O6/c1-28(2)14(8-24-29-18-12-22(37-5)20(35-3)10-16(18)26(33)31-24)7-15(28)9-25-30-19-13-23(38-6)21(36-4)11-17(19)27(34)32-25/h10-15H,7-9H2,1-6H3,(H,29,31,33)(H,30,32,34). The Morgan fingerprint density at radius 3 is 1.42 bits per heavy atom. The van der Waals surface area contributed by atoms with Gasteiger partial charge in [-0.2, -0.15) is 0 Å². The predicted molar refractivity (Wildman–Crippen MR) is 144 cm³/mol. The van der Waals surface area contributed by atoms with Gasteiger partial charge in [0.15, 0.2) is 23.0 Å². The van der Waals surface area contributed by atoms with Crippen LogP contribution < -0.4 is 30.1 Å². The van der Waals surface area contributed by atoms with Gasteiger partial charge in [-0.15, -0.1) is 0 Å². The zero-order valence-electron chi connectivity index (χ0n) is 22.4. The molecule has 2 heterocycles. The lowest BCUT2D eigenvalue weighted by Crippen LogP contribution is -2.47. The van der Waals surface area contributed by atoms with Crippen molar-refractivity contribution in [1.82, 2.24) is 19.9 Å². The first-order chi connectivity index (χ1) is 18.2. The molecule has 10 nitrogen and oxygen atoms in total. The predicted octanol–water partition coefficient (Wildman–Crippen LogP) is 3.64. The molecule has 1 aliphatic rings. The third-order valence-corrected chi connectivity index (χ3v) is 8.07. The molecular weight excluding hydrogens is 488 g/mol. The summed E-state index contributed by atoms with van der Waals surface area (Å²) in [5.74, 6) is 3.94. The van der Waals surface area contributed by atoms with Crippen LogP contribution in [0, 0.1) is 17.3 Å². The first-order valence-electron chi connectivity index (χ1n) is 12.5. The molecule has 0 saturated heterocycles. The van der Waals surface area contributed by atoms with E-state index in [9.17, 15) is 9.59 Å². The van der Waals surface area contributed by atoms with Gasteiger partial charge in [0.05, 0.1) is 50.2 Å². The summed E-state index contributed by atoms with van der Waals surface area (Å²) in [5, 5.41) is 0.912. The van der Waals surface area contributed by atoms with E-state index in [2.05, 4.69) is 23.8 Å². The first kappa shape index (κ1) is 25.6. The monoisotopic (exact) mass is 520 g/mol. The molecule has 0 radical (unpaired) electrons.